The molecular weight excluding hydrogens is 452 g/mol. The van der Waals surface area contributed by atoms with Crippen molar-refractivity contribution in [2.24, 2.45) is 0 Å². The van der Waals surface area contributed by atoms with E-state index in [4.69, 9.17) is 9.47 Å². The average Bonchev–Trinajstić information content (AvgIpc) is 2.73. The van der Waals surface area contributed by atoms with Gasteiger partial charge in [-0.2, -0.15) is 5.26 Å². The van der Waals surface area contributed by atoms with Gasteiger partial charge in [-0.3, -0.25) is 0 Å². The molecule has 3 nitrogen and oxygen atoms in total. The first-order valence-electron chi connectivity index (χ1n) is 9.22. The molecule has 0 N–H and O–H groups in total. The van der Waals surface area contributed by atoms with Crippen molar-refractivity contribution in [3.8, 4) is 17.6 Å². The van der Waals surface area contributed by atoms with E-state index in [2.05, 4.69) is 15.9 Å². The van der Waals surface area contributed by atoms with Crippen LogP contribution in [0.2, 0.25) is 0 Å². The lowest BCUT2D eigenvalue weighted by atomic mass is 10.0. The normalized spacial score (nSPS) is 11.1. The van der Waals surface area contributed by atoms with Gasteiger partial charge < -0.3 is 9.47 Å². The molecule has 0 atom stereocenters. The summed E-state index contributed by atoms with van der Waals surface area (Å²) in [6, 6.07) is 17.7. The van der Waals surface area contributed by atoms with E-state index in [9.17, 15) is 14.0 Å². The third kappa shape index (κ3) is 5.25. The number of nitrogens with zero attached hydrogens (tertiary/aromatic N) is 1. The standard InChI is InChI=1S/C24H18BrF2NO2/c1-2-29-23-13-17(11-18(14-28)20-5-3-4-6-22(20)27)12-21(25)24(23)30-15-16-7-9-19(26)10-8-16/h3-13H,2,15H2,1H3/b18-11-. The Morgan fingerprint density at radius 1 is 1.07 bits per heavy atom. The summed E-state index contributed by atoms with van der Waals surface area (Å²) >= 11 is 3.48. The minimum absolute atomic E-state index is 0.197. The van der Waals surface area contributed by atoms with Crippen LogP contribution in [0, 0.1) is 23.0 Å². The van der Waals surface area contributed by atoms with E-state index in [1.807, 2.05) is 13.0 Å². The van der Waals surface area contributed by atoms with Gasteiger partial charge in [-0.1, -0.05) is 30.3 Å². The highest BCUT2D eigenvalue weighted by Gasteiger charge is 2.14. The van der Waals surface area contributed by atoms with Gasteiger partial charge in [-0.15, -0.1) is 0 Å². The van der Waals surface area contributed by atoms with Crippen molar-refractivity contribution >= 4 is 27.6 Å². The average molecular weight is 470 g/mol. The van der Waals surface area contributed by atoms with E-state index in [1.165, 1.54) is 18.2 Å². The number of hydrogen-bond donors (Lipinski definition) is 0. The second-order valence-electron chi connectivity index (χ2n) is 6.33. The summed E-state index contributed by atoms with van der Waals surface area (Å²) in [6.07, 6.45) is 1.59. The second-order valence-corrected chi connectivity index (χ2v) is 7.18. The lowest BCUT2D eigenvalue weighted by Gasteiger charge is -2.15. The van der Waals surface area contributed by atoms with Crippen molar-refractivity contribution < 1.29 is 18.3 Å². The minimum atomic E-state index is -0.464. The molecule has 0 bridgehead atoms. The molecule has 0 heterocycles. The Hall–Kier alpha value is -3.17. The van der Waals surface area contributed by atoms with Crippen molar-refractivity contribution in [3.63, 3.8) is 0 Å². The van der Waals surface area contributed by atoms with Gasteiger partial charge in [0.15, 0.2) is 11.5 Å². The maximum Gasteiger partial charge on any atom is 0.175 e. The summed E-state index contributed by atoms with van der Waals surface area (Å²) < 4.78 is 39.4. The Balaban J connectivity index is 1.93. The highest BCUT2D eigenvalue weighted by atomic mass is 79.9. The third-order valence-corrected chi connectivity index (χ3v) is 4.81. The summed E-state index contributed by atoms with van der Waals surface area (Å²) in [7, 11) is 0. The van der Waals surface area contributed by atoms with Gasteiger partial charge in [0.05, 0.1) is 22.7 Å². The number of allylic oxidation sites excluding steroid dienone is 1. The van der Waals surface area contributed by atoms with Crippen LogP contribution in [-0.4, -0.2) is 6.61 Å². The van der Waals surface area contributed by atoms with Crippen LogP contribution in [0.1, 0.15) is 23.6 Å². The fourth-order valence-corrected chi connectivity index (χ4v) is 3.40. The largest absolute Gasteiger partial charge is 0.490 e. The van der Waals surface area contributed by atoms with Crippen LogP contribution in [0.25, 0.3) is 11.6 Å². The zero-order valence-electron chi connectivity index (χ0n) is 16.2. The zero-order valence-corrected chi connectivity index (χ0v) is 17.7. The van der Waals surface area contributed by atoms with Crippen LogP contribution in [-0.2, 0) is 6.61 Å². The molecule has 0 radical (unpaired) electrons. The summed E-state index contributed by atoms with van der Waals surface area (Å²) in [4.78, 5) is 0. The van der Waals surface area contributed by atoms with Crippen LogP contribution < -0.4 is 9.47 Å². The number of nitriles is 1. The number of halogens is 3. The molecule has 0 unspecified atom stereocenters. The molecule has 0 aromatic heterocycles. The molecule has 30 heavy (non-hydrogen) atoms. The zero-order chi connectivity index (χ0) is 21.5. The van der Waals surface area contributed by atoms with Crippen LogP contribution in [0.5, 0.6) is 11.5 Å². The molecule has 0 aliphatic heterocycles. The number of ether oxygens (including phenoxy) is 2. The van der Waals surface area contributed by atoms with Crippen LogP contribution in [0.3, 0.4) is 0 Å². The molecule has 0 saturated heterocycles. The first-order valence-corrected chi connectivity index (χ1v) is 10.0. The topological polar surface area (TPSA) is 42.2 Å². The quantitative estimate of drug-likeness (QED) is 0.283. The van der Waals surface area contributed by atoms with E-state index in [0.717, 1.165) is 5.56 Å². The smallest absolute Gasteiger partial charge is 0.175 e. The predicted molar refractivity (Wildman–Crippen MR) is 116 cm³/mol. The molecule has 0 aliphatic carbocycles. The van der Waals surface area contributed by atoms with E-state index in [0.29, 0.717) is 28.1 Å². The lowest BCUT2D eigenvalue weighted by molar-refractivity contribution is 0.267. The fraction of sp³-hybridized carbons (Fsp3) is 0.125. The van der Waals surface area contributed by atoms with Crippen LogP contribution in [0.4, 0.5) is 8.78 Å². The number of rotatable bonds is 7. The second kappa shape index (κ2) is 10.0. The molecular formula is C24H18BrF2NO2. The summed E-state index contributed by atoms with van der Waals surface area (Å²) in [5, 5.41) is 9.51. The summed E-state index contributed by atoms with van der Waals surface area (Å²) in [6.45, 7) is 2.48. The van der Waals surface area contributed by atoms with Gasteiger partial charge in [-0.25, -0.2) is 8.78 Å². The van der Waals surface area contributed by atoms with E-state index >= 15 is 0 Å². The Bertz CT molecular complexity index is 1110. The molecule has 0 saturated carbocycles. The van der Waals surface area contributed by atoms with Gasteiger partial charge in [0.2, 0.25) is 0 Å². The molecule has 152 valence electrons. The third-order valence-electron chi connectivity index (χ3n) is 4.22. The van der Waals surface area contributed by atoms with Gasteiger partial charge >= 0.3 is 0 Å². The first kappa shape index (κ1) is 21.5. The monoisotopic (exact) mass is 469 g/mol. The SMILES string of the molecule is CCOc1cc(/C=C(/C#N)c2ccccc2F)cc(Br)c1OCc1ccc(F)cc1. The predicted octanol–water partition coefficient (Wildman–Crippen LogP) is 6.77. The van der Waals surface area contributed by atoms with Gasteiger partial charge in [-0.05, 0) is 70.4 Å². The Kier molecular flexibility index (Phi) is 7.21. The minimum Gasteiger partial charge on any atom is -0.490 e. The molecule has 6 heteroatoms. The van der Waals surface area contributed by atoms with E-state index < -0.39 is 5.82 Å². The number of benzene rings is 3. The molecule has 0 fully saturated rings. The van der Waals surface area contributed by atoms with Gasteiger partial charge in [0.25, 0.3) is 0 Å². The van der Waals surface area contributed by atoms with Gasteiger partial charge in [0.1, 0.15) is 18.2 Å². The van der Waals surface area contributed by atoms with Crippen molar-refractivity contribution in [1.29, 1.82) is 5.26 Å². The molecule has 0 aliphatic rings. The van der Waals surface area contributed by atoms with Crippen molar-refractivity contribution in [3.05, 3.63) is 93.5 Å². The molecule has 0 amide bonds. The lowest BCUT2D eigenvalue weighted by Crippen LogP contribution is -2.01. The summed E-state index contributed by atoms with van der Waals surface area (Å²) in [5.41, 5.74) is 1.88. The maximum absolute atomic E-state index is 14.1. The van der Waals surface area contributed by atoms with Crippen molar-refractivity contribution in [1.82, 2.24) is 0 Å². The van der Waals surface area contributed by atoms with Crippen LogP contribution >= 0.6 is 15.9 Å². The molecule has 0 spiro atoms. The Morgan fingerprint density at radius 2 is 1.80 bits per heavy atom. The molecule has 3 aromatic carbocycles. The van der Waals surface area contributed by atoms with E-state index in [1.54, 1.807) is 48.5 Å². The van der Waals surface area contributed by atoms with E-state index in [-0.39, 0.29) is 23.6 Å². The van der Waals surface area contributed by atoms with Gasteiger partial charge in [0, 0.05) is 5.56 Å². The Morgan fingerprint density at radius 3 is 2.47 bits per heavy atom. The first-order chi connectivity index (χ1) is 14.5. The molecule has 3 rings (SSSR count). The summed E-state index contributed by atoms with van der Waals surface area (Å²) in [5.74, 6) is 0.191. The number of hydrogen-bond acceptors (Lipinski definition) is 3. The maximum atomic E-state index is 14.1. The van der Waals surface area contributed by atoms with Crippen molar-refractivity contribution in [2.75, 3.05) is 6.61 Å². The Labute approximate surface area is 182 Å². The highest BCUT2D eigenvalue weighted by Crippen LogP contribution is 2.38. The molecule has 3 aromatic rings. The van der Waals surface area contributed by atoms with Crippen LogP contribution in [0.15, 0.2) is 65.1 Å². The highest BCUT2D eigenvalue weighted by molar-refractivity contribution is 9.10. The van der Waals surface area contributed by atoms with Crippen molar-refractivity contribution in [2.45, 2.75) is 13.5 Å². The fourth-order valence-electron chi connectivity index (χ4n) is 2.83.